The molecule has 0 amide bonds. The van der Waals surface area contributed by atoms with E-state index in [4.69, 9.17) is 4.43 Å². The van der Waals surface area contributed by atoms with Crippen LogP contribution >= 0.6 is 0 Å². The average molecular weight is 286 g/mol. The molecule has 3 nitrogen and oxygen atoms in total. The van der Waals surface area contributed by atoms with E-state index in [9.17, 15) is 8.42 Å². The van der Waals surface area contributed by atoms with Crippen molar-refractivity contribution in [2.75, 3.05) is 6.26 Å². The first kappa shape index (κ1) is 15.4. The van der Waals surface area contributed by atoms with E-state index >= 15 is 0 Å². The minimum atomic E-state index is -2.99. The summed E-state index contributed by atoms with van der Waals surface area (Å²) in [6.45, 7) is 6.37. The Bertz CT molecular complexity index is 503. The SMILES string of the molecule is CC(C)(C)C(O[SiH3])c1cccc(CS(C)(=O)=O)c1. The van der Waals surface area contributed by atoms with E-state index in [0.29, 0.717) is 10.5 Å². The van der Waals surface area contributed by atoms with Crippen molar-refractivity contribution in [3.8, 4) is 0 Å². The van der Waals surface area contributed by atoms with Crippen LogP contribution in [0.25, 0.3) is 0 Å². The predicted octanol–water partition coefficient (Wildman–Crippen LogP) is 1.62. The summed E-state index contributed by atoms with van der Waals surface area (Å²) in [6, 6.07) is 7.68. The van der Waals surface area contributed by atoms with E-state index < -0.39 is 9.84 Å². The van der Waals surface area contributed by atoms with Gasteiger partial charge in [0.25, 0.3) is 0 Å². The molecule has 0 saturated carbocycles. The number of benzene rings is 1. The Kier molecular flexibility index (Phi) is 4.75. The molecule has 0 aliphatic carbocycles. The van der Waals surface area contributed by atoms with Gasteiger partial charge in [-0.15, -0.1) is 0 Å². The molecule has 5 heteroatoms. The molecular formula is C13H22O3SSi. The Morgan fingerprint density at radius 2 is 1.94 bits per heavy atom. The van der Waals surface area contributed by atoms with Gasteiger partial charge in [0, 0.05) is 6.26 Å². The highest BCUT2D eigenvalue weighted by Gasteiger charge is 2.25. The van der Waals surface area contributed by atoms with Crippen molar-refractivity contribution in [2.45, 2.75) is 32.6 Å². The molecule has 1 rings (SSSR count). The van der Waals surface area contributed by atoms with Crippen LogP contribution in [-0.4, -0.2) is 25.2 Å². The zero-order valence-electron chi connectivity index (χ0n) is 11.7. The molecule has 18 heavy (non-hydrogen) atoms. The molecule has 0 aliphatic heterocycles. The van der Waals surface area contributed by atoms with Crippen LogP contribution in [0.15, 0.2) is 24.3 Å². The molecule has 1 unspecified atom stereocenters. The third-order valence-electron chi connectivity index (χ3n) is 2.70. The zero-order valence-corrected chi connectivity index (χ0v) is 14.5. The number of rotatable bonds is 4. The lowest BCUT2D eigenvalue weighted by atomic mass is 9.84. The Balaban J connectivity index is 3.08. The van der Waals surface area contributed by atoms with Gasteiger partial charge < -0.3 is 4.43 Å². The molecule has 102 valence electrons. The molecule has 0 bridgehead atoms. The monoisotopic (exact) mass is 286 g/mol. The number of hydrogen-bond acceptors (Lipinski definition) is 3. The largest absolute Gasteiger partial charge is 0.421 e. The fraction of sp³-hybridized carbons (Fsp3) is 0.538. The minimum absolute atomic E-state index is 0.00542. The van der Waals surface area contributed by atoms with E-state index in [1.165, 1.54) is 6.26 Å². The minimum Gasteiger partial charge on any atom is -0.421 e. The van der Waals surface area contributed by atoms with Crippen molar-refractivity contribution in [2.24, 2.45) is 5.41 Å². The van der Waals surface area contributed by atoms with E-state index in [0.717, 1.165) is 11.1 Å². The van der Waals surface area contributed by atoms with Crippen LogP contribution in [0.5, 0.6) is 0 Å². The second-order valence-electron chi connectivity index (χ2n) is 5.80. The maximum Gasteiger partial charge on any atom is 0.151 e. The first-order valence-electron chi connectivity index (χ1n) is 5.93. The van der Waals surface area contributed by atoms with Gasteiger partial charge in [-0.2, -0.15) is 0 Å². The van der Waals surface area contributed by atoms with Gasteiger partial charge in [-0.1, -0.05) is 45.0 Å². The van der Waals surface area contributed by atoms with Crippen molar-refractivity contribution >= 4 is 20.3 Å². The highest BCUT2D eigenvalue weighted by molar-refractivity contribution is 7.89. The van der Waals surface area contributed by atoms with Crippen LogP contribution in [0.2, 0.25) is 0 Å². The summed E-state index contributed by atoms with van der Waals surface area (Å²) in [4.78, 5) is 0. The second-order valence-corrected chi connectivity index (χ2v) is 8.41. The normalized spacial score (nSPS) is 14.7. The van der Waals surface area contributed by atoms with Crippen LogP contribution in [0, 0.1) is 5.41 Å². The Morgan fingerprint density at radius 3 is 2.39 bits per heavy atom. The third-order valence-corrected chi connectivity index (χ3v) is 4.03. The van der Waals surface area contributed by atoms with E-state index in [2.05, 4.69) is 20.8 Å². The van der Waals surface area contributed by atoms with Crippen LogP contribution in [0.3, 0.4) is 0 Å². The van der Waals surface area contributed by atoms with Gasteiger partial charge in [-0.3, -0.25) is 0 Å². The Hall–Kier alpha value is -0.653. The predicted molar refractivity (Wildman–Crippen MR) is 78.2 cm³/mol. The lowest BCUT2D eigenvalue weighted by molar-refractivity contribution is 0.0973. The van der Waals surface area contributed by atoms with Crippen LogP contribution in [-0.2, 0) is 20.0 Å². The molecule has 0 aromatic heterocycles. The van der Waals surface area contributed by atoms with Gasteiger partial charge in [-0.05, 0) is 16.5 Å². The molecule has 0 N–H and O–H groups in total. The van der Waals surface area contributed by atoms with Gasteiger partial charge in [-0.25, -0.2) is 8.42 Å². The topological polar surface area (TPSA) is 43.4 Å². The molecule has 0 radical (unpaired) electrons. The summed E-state index contributed by atoms with van der Waals surface area (Å²) < 4.78 is 28.3. The van der Waals surface area contributed by atoms with Gasteiger partial charge in [0.15, 0.2) is 9.84 Å². The highest BCUT2D eigenvalue weighted by Crippen LogP contribution is 2.35. The number of hydrogen-bond donors (Lipinski definition) is 0. The van der Waals surface area contributed by atoms with Crippen LogP contribution < -0.4 is 0 Å². The summed E-state index contributed by atoms with van der Waals surface area (Å²) in [7, 11) is -2.33. The third kappa shape index (κ3) is 4.55. The Labute approximate surface area is 113 Å². The van der Waals surface area contributed by atoms with E-state index in [1.807, 2.05) is 24.3 Å². The molecule has 0 spiro atoms. The molecule has 1 aromatic rings. The first-order chi connectivity index (χ1) is 8.13. The van der Waals surface area contributed by atoms with Gasteiger partial charge in [0.2, 0.25) is 0 Å². The maximum atomic E-state index is 11.3. The van der Waals surface area contributed by atoms with Crippen molar-refractivity contribution < 1.29 is 12.8 Å². The van der Waals surface area contributed by atoms with E-state index in [-0.39, 0.29) is 17.3 Å². The fourth-order valence-electron chi connectivity index (χ4n) is 2.14. The molecule has 0 fully saturated rings. The molecular weight excluding hydrogens is 264 g/mol. The van der Waals surface area contributed by atoms with Gasteiger partial charge in [0.1, 0.15) is 10.5 Å². The smallest absolute Gasteiger partial charge is 0.151 e. The lowest BCUT2D eigenvalue weighted by Crippen LogP contribution is -2.20. The summed E-state index contributed by atoms with van der Waals surface area (Å²) in [5.41, 5.74) is 1.88. The highest BCUT2D eigenvalue weighted by atomic mass is 32.2. The second kappa shape index (κ2) is 5.55. The van der Waals surface area contributed by atoms with Gasteiger partial charge >= 0.3 is 0 Å². The summed E-state index contributed by atoms with van der Waals surface area (Å²) in [5, 5.41) is 0. The summed E-state index contributed by atoms with van der Waals surface area (Å²) in [5.74, 6) is 0.0822. The van der Waals surface area contributed by atoms with Crippen molar-refractivity contribution in [3.63, 3.8) is 0 Å². The fourth-order valence-corrected chi connectivity index (χ4v) is 3.90. The number of sulfone groups is 1. The van der Waals surface area contributed by atoms with Gasteiger partial charge in [0.05, 0.1) is 11.9 Å². The molecule has 1 aromatic carbocycles. The standard InChI is InChI=1S/C13H22O3SSi/c1-13(2,3)12(16-18)11-7-5-6-10(8-11)9-17(4,14)15/h5-8,12H,9H2,1-4,18H3. The van der Waals surface area contributed by atoms with Crippen LogP contribution in [0.4, 0.5) is 0 Å². The first-order valence-corrected chi connectivity index (χ1v) is 8.80. The average Bonchev–Trinajstić information content (AvgIpc) is 2.13. The molecule has 1 atom stereocenters. The zero-order chi connectivity index (χ0) is 14.0. The van der Waals surface area contributed by atoms with Crippen molar-refractivity contribution in [3.05, 3.63) is 35.4 Å². The van der Waals surface area contributed by atoms with E-state index in [1.54, 1.807) is 0 Å². The van der Waals surface area contributed by atoms with Crippen molar-refractivity contribution in [1.29, 1.82) is 0 Å². The van der Waals surface area contributed by atoms with Crippen LogP contribution in [0.1, 0.15) is 38.0 Å². The molecule has 0 heterocycles. The Morgan fingerprint density at radius 1 is 1.33 bits per heavy atom. The molecule has 0 aliphatic rings. The summed E-state index contributed by atoms with van der Waals surface area (Å²) >= 11 is 0. The maximum absolute atomic E-state index is 11.3. The quantitative estimate of drug-likeness (QED) is 0.790. The van der Waals surface area contributed by atoms with Crippen molar-refractivity contribution in [1.82, 2.24) is 0 Å². The lowest BCUT2D eigenvalue weighted by Gasteiger charge is -2.30. The molecule has 0 saturated heterocycles. The summed E-state index contributed by atoms with van der Waals surface area (Å²) in [6.07, 6.45) is 1.27.